The Morgan fingerprint density at radius 3 is 2.81 bits per heavy atom. The van der Waals surface area contributed by atoms with Gasteiger partial charge >= 0.3 is 5.69 Å². The zero-order valence-electron chi connectivity index (χ0n) is 17.1. The lowest BCUT2D eigenvalue weighted by Gasteiger charge is -2.13. The third-order valence-corrected chi connectivity index (χ3v) is 5.78. The second-order valence-electron chi connectivity index (χ2n) is 7.66. The lowest BCUT2D eigenvalue weighted by atomic mass is 10.0. The van der Waals surface area contributed by atoms with Crippen molar-refractivity contribution >= 4 is 5.69 Å². The monoisotopic (exact) mass is 415 g/mol. The molecular formula is C24H21N3O4. The van der Waals surface area contributed by atoms with Crippen LogP contribution in [0.15, 0.2) is 65.4 Å². The van der Waals surface area contributed by atoms with E-state index in [2.05, 4.69) is 28.1 Å². The summed E-state index contributed by atoms with van der Waals surface area (Å²) >= 11 is 0. The molecule has 0 unspecified atom stereocenters. The molecule has 1 aliphatic rings. The van der Waals surface area contributed by atoms with Crippen LogP contribution in [0, 0.1) is 10.1 Å². The number of fused-ring (bicyclic) bond motifs is 3. The molecule has 31 heavy (non-hydrogen) atoms. The van der Waals surface area contributed by atoms with Crippen molar-refractivity contribution in [2.24, 2.45) is 0 Å². The molecule has 0 saturated heterocycles. The molecule has 5 rings (SSSR count). The van der Waals surface area contributed by atoms with Gasteiger partial charge in [-0.1, -0.05) is 41.6 Å². The Labute approximate surface area is 179 Å². The number of nitrogens with zero attached hydrogens (tertiary/aromatic N) is 3. The molecule has 0 N–H and O–H groups in total. The molecule has 2 aromatic carbocycles. The summed E-state index contributed by atoms with van der Waals surface area (Å²) in [5.74, 6) is 1.08. The molecule has 0 radical (unpaired) electrons. The van der Waals surface area contributed by atoms with Crippen LogP contribution in [0.3, 0.4) is 0 Å². The topological polar surface area (TPSA) is 83.3 Å². The van der Waals surface area contributed by atoms with E-state index in [-0.39, 0.29) is 11.4 Å². The summed E-state index contributed by atoms with van der Waals surface area (Å²) in [5, 5.41) is 15.5. The Bertz CT molecular complexity index is 1260. The zero-order chi connectivity index (χ0) is 21.4. The molecule has 4 aromatic rings. The van der Waals surface area contributed by atoms with Crippen molar-refractivity contribution in [1.29, 1.82) is 0 Å². The van der Waals surface area contributed by atoms with Gasteiger partial charge in [-0.15, -0.1) is 0 Å². The van der Waals surface area contributed by atoms with Gasteiger partial charge in [-0.2, -0.15) is 0 Å². The van der Waals surface area contributed by atoms with E-state index < -0.39 is 4.92 Å². The Kier molecular flexibility index (Phi) is 4.78. The maximum atomic E-state index is 11.5. The Balaban J connectivity index is 1.66. The first-order chi connectivity index (χ1) is 15.2. The quantitative estimate of drug-likeness (QED) is 0.328. The summed E-state index contributed by atoms with van der Waals surface area (Å²) < 4.78 is 12.9. The van der Waals surface area contributed by atoms with Gasteiger partial charge < -0.3 is 13.8 Å². The Morgan fingerprint density at radius 1 is 1.19 bits per heavy atom. The van der Waals surface area contributed by atoms with Crippen LogP contribution in [0.5, 0.6) is 5.75 Å². The molecule has 7 heteroatoms. The first kappa shape index (κ1) is 19.1. The number of ether oxygens (including phenoxy) is 1. The third-order valence-electron chi connectivity index (χ3n) is 5.78. The maximum Gasteiger partial charge on any atom is 0.311 e. The minimum atomic E-state index is -0.411. The number of aryl methyl sites for hydroxylation is 1. The molecule has 0 bridgehead atoms. The van der Waals surface area contributed by atoms with Crippen LogP contribution < -0.4 is 4.74 Å². The van der Waals surface area contributed by atoms with Gasteiger partial charge in [-0.25, -0.2) is 0 Å². The van der Waals surface area contributed by atoms with E-state index in [0.717, 1.165) is 53.0 Å². The van der Waals surface area contributed by atoms with Gasteiger partial charge in [0.25, 0.3) is 0 Å². The average molecular weight is 415 g/mol. The van der Waals surface area contributed by atoms with Crippen molar-refractivity contribution in [3.63, 3.8) is 0 Å². The highest BCUT2D eigenvalue weighted by molar-refractivity contribution is 5.77. The van der Waals surface area contributed by atoms with Crippen molar-refractivity contribution in [3.8, 4) is 28.3 Å². The highest BCUT2D eigenvalue weighted by atomic mass is 16.6. The van der Waals surface area contributed by atoms with Crippen molar-refractivity contribution in [1.82, 2.24) is 9.72 Å². The third kappa shape index (κ3) is 3.38. The van der Waals surface area contributed by atoms with Crippen LogP contribution >= 0.6 is 0 Å². The van der Waals surface area contributed by atoms with Gasteiger partial charge in [0.2, 0.25) is 0 Å². The molecule has 156 valence electrons. The highest BCUT2D eigenvalue weighted by Gasteiger charge is 2.26. The molecule has 2 aromatic heterocycles. The van der Waals surface area contributed by atoms with Gasteiger partial charge in [0.05, 0.1) is 23.9 Å². The lowest BCUT2D eigenvalue weighted by Crippen LogP contribution is -2.03. The van der Waals surface area contributed by atoms with E-state index in [0.29, 0.717) is 6.54 Å². The van der Waals surface area contributed by atoms with Gasteiger partial charge in [-0.05, 0) is 42.0 Å². The van der Waals surface area contributed by atoms with Gasteiger partial charge in [0.1, 0.15) is 0 Å². The van der Waals surface area contributed by atoms with E-state index in [9.17, 15) is 10.1 Å². The SMILES string of the molecule is COc1ccc(Cn2cc3c(c2-c2ccccc2)CCCc2cnoc2-3)cc1[N+](=O)[O-]. The molecule has 7 nitrogen and oxygen atoms in total. The number of nitro benzene ring substituents is 1. The molecule has 0 spiro atoms. The van der Waals surface area contributed by atoms with Crippen LogP contribution in [-0.2, 0) is 19.4 Å². The van der Waals surface area contributed by atoms with Crippen LogP contribution in [0.1, 0.15) is 23.1 Å². The number of rotatable bonds is 5. The molecule has 0 atom stereocenters. The van der Waals surface area contributed by atoms with Gasteiger partial charge in [0.15, 0.2) is 11.5 Å². The van der Waals surface area contributed by atoms with Crippen LogP contribution in [0.25, 0.3) is 22.6 Å². The Morgan fingerprint density at radius 2 is 2.03 bits per heavy atom. The van der Waals surface area contributed by atoms with E-state index >= 15 is 0 Å². The zero-order valence-corrected chi connectivity index (χ0v) is 17.1. The van der Waals surface area contributed by atoms with E-state index in [1.165, 1.54) is 12.7 Å². The van der Waals surface area contributed by atoms with Crippen LogP contribution in [0.4, 0.5) is 5.69 Å². The molecule has 0 aliphatic heterocycles. The smallest absolute Gasteiger partial charge is 0.311 e. The van der Waals surface area contributed by atoms with Crippen LogP contribution in [0.2, 0.25) is 0 Å². The Hall–Kier alpha value is -3.87. The minimum Gasteiger partial charge on any atom is -0.490 e. The summed E-state index contributed by atoms with van der Waals surface area (Å²) in [5.41, 5.74) is 6.40. The summed E-state index contributed by atoms with van der Waals surface area (Å²) in [6.07, 6.45) is 6.77. The summed E-state index contributed by atoms with van der Waals surface area (Å²) in [6, 6.07) is 15.3. The largest absolute Gasteiger partial charge is 0.490 e. The number of methoxy groups -OCH3 is 1. The van der Waals surface area contributed by atoms with Crippen molar-refractivity contribution in [3.05, 3.63) is 87.7 Å². The fourth-order valence-electron chi connectivity index (χ4n) is 4.40. The summed E-state index contributed by atoms with van der Waals surface area (Å²) in [7, 11) is 1.44. The van der Waals surface area contributed by atoms with Gasteiger partial charge in [0, 0.05) is 29.9 Å². The predicted molar refractivity (Wildman–Crippen MR) is 116 cm³/mol. The van der Waals surface area contributed by atoms with Crippen molar-refractivity contribution < 1.29 is 14.2 Å². The van der Waals surface area contributed by atoms with E-state index in [4.69, 9.17) is 9.26 Å². The molecule has 0 saturated carbocycles. The molecule has 0 fully saturated rings. The average Bonchev–Trinajstić information content (AvgIpc) is 3.35. The fraction of sp³-hybridized carbons (Fsp3) is 0.208. The summed E-state index contributed by atoms with van der Waals surface area (Å²) in [4.78, 5) is 11.1. The lowest BCUT2D eigenvalue weighted by molar-refractivity contribution is -0.385. The minimum absolute atomic E-state index is 0.0347. The fourth-order valence-corrected chi connectivity index (χ4v) is 4.40. The second kappa shape index (κ2) is 7.75. The van der Waals surface area contributed by atoms with Crippen LogP contribution in [-0.4, -0.2) is 21.8 Å². The molecule has 2 heterocycles. The normalized spacial score (nSPS) is 12.7. The number of hydrogen-bond acceptors (Lipinski definition) is 5. The van der Waals surface area contributed by atoms with E-state index in [1.54, 1.807) is 18.3 Å². The molecular weight excluding hydrogens is 394 g/mol. The number of nitro groups is 1. The first-order valence-corrected chi connectivity index (χ1v) is 10.2. The van der Waals surface area contributed by atoms with E-state index in [1.807, 2.05) is 24.3 Å². The number of benzene rings is 2. The van der Waals surface area contributed by atoms with Crippen molar-refractivity contribution in [2.45, 2.75) is 25.8 Å². The standard InChI is InChI=1S/C24H21N3O4/c1-30-22-11-10-16(12-21(22)27(28)29)14-26-15-20-19(23(26)17-6-3-2-4-7-17)9-5-8-18-13-25-31-24(18)20/h2-4,6-7,10-13,15H,5,8-9,14H2,1H3. The predicted octanol–water partition coefficient (Wildman–Crippen LogP) is 5.26. The maximum absolute atomic E-state index is 11.5. The molecule has 0 amide bonds. The number of aromatic nitrogens is 2. The summed E-state index contributed by atoms with van der Waals surface area (Å²) in [6.45, 7) is 0.492. The van der Waals surface area contributed by atoms with Gasteiger partial charge in [-0.3, -0.25) is 10.1 Å². The number of hydrogen-bond donors (Lipinski definition) is 0. The van der Waals surface area contributed by atoms with Crippen molar-refractivity contribution in [2.75, 3.05) is 7.11 Å². The highest BCUT2D eigenvalue weighted by Crippen LogP contribution is 2.40. The first-order valence-electron chi connectivity index (χ1n) is 10.2. The second-order valence-corrected chi connectivity index (χ2v) is 7.66. The molecule has 1 aliphatic carbocycles.